The number of benzene rings is 1. The van der Waals surface area contributed by atoms with Crippen LogP contribution < -0.4 is 11.3 Å². The van der Waals surface area contributed by atoms with E-state index in [1.54, 1.807) is 12.1 Å². The molecule has 2 rings (SSSR count). The molecule has 114 valence electrons. The van der Waals surface area contributed by atoms with E-state index in [0.29, 0.717) is 12.0 Å². The first-order chi connectivity index (χ1) is 10.0. The topological polar surface area (TPSA) is 55.9 Å². The Morgan fingerprint density at radius 3 is 2.62 bits per heavy atom. The van der Waals surface area contributed by atoms with Gasteiger partial charge in [-0.15, -0.1) is 0 Å². The van der Waals surface area contributed by atoms with Gasteiger partial charge in [0.1, 0.15) is 5.82 Å². The zero-order chi connectivity index (χ0) is 15.4. The standard InChI is InChI=1S/C16H23FN4/c1-11-15(12(2)21(3)20-11)9-8-14(19-18)10-13-6-4-5-7-16(13)17/h4-7,14,19H,8-10,18H2,1-3H3. The summed E-state index contributed by atoms with van der Waals surface area (Å²) in [5.41, 5.74) is 6.98. The molecule has 0 aliphatic carbocycles. The average molecular weight is 290 g/mol. The molecule has 0 aliphatic rings. The zero-order valence-corrected chi connectivity index (χ0v) is 12.9. The Hall–Kier alpha value is -1.72. The first-order valence-corrected chi connectivity index (χ1v) is 7.21. The molecule has 1 atom stereocenters. The van der Waals surface area contributed by atoms with Crippen LogP contribution in [0.2, 0.25) is 0 Å². The predicted octanol–water partition coefficient (Wildman–Crippen LogP) is 2.18. The maximum atomic E-state index is 13.7. The zero-order valence-electron chi connectivity index (χ0n) is 12.9. The summed E-state index contributed by atoms with van der Waals surface area (Å²) in [6, 6.07) is 6.88. The summed E-state index contributed by atoms with van der Waals surface area (Å²) in [5, 5.41) is 4.42. The Labute approximate surface area is 125 Å². The number of rotatable bonds is 6. The Morgan fingerprint density at radius 2 is 2.05 bits per heavy atom. The van der Waals surface area contributed by atoms with E-state index in [1.165, 1.54) is 17.3 Å². The van der Waals surface area contributed by atoms with Crippen LogP contribution in [0, 0.1) is 19.7 Å². The van der Waals surface area contributed by atoms with Gasteiger partial charge in [-0.3, -0.25) is 16.0 Å². The lowest BCUT2D eigenvalue weighted by molar-refractivity contribution is 0.479. The van der Waals surface area contributed by atoms with Crippen molar-refractivity contribution < 1.29 is 4.39 Å². The third-order valence-electron chi connectivity index (χ3n) is 4.06. The Morgan fingerprint density at radius 1 is 1.33 bits per heavy atom. The highest BCUT2D eigenvalue weighted by molar-refractivity contribution is 5.25. The van der Waals surface area contributed by atoms with Crippen molar-refractivity contribution in [3.63, 3.8) is 0 Å². The smallest absolute Gasteiger partial charge is 0.126 e. The number of hydrazine groups is 1. The maximum Gasteiger partial charge on any atom is 0.126 e. The fourth-order valence-corrected chi connectivity index (χ4v) is 2.67. The number of aryl methyl sites for hydroxylation is 2. The molecule has 0 saturated carbocycles. The van der Waals surface area contributed by atoms with E-state index in [1.807, 2.05) is 24.7 Å². The first-order valence-electron chi connectivity index (χ1n) is 7.21. The summed E-state index contributed by atoms with van der Waals surface area (Å²) in [4.78, 5) is 0. The van der Waals surface area contributed by atoms with Gasteiger partial charge in [-0.2, -0.15) is 5.10 Å². The van der Waals surface area contributed by atoms with E-state index in [-0.39, 0.29) is 11.9 Å². The molecule has 0 aliphatic heterocycles. The van der Waals surface area contributed by atoms with Crippen LogP contribution in [-0.2, 0) is 19.9 Å². The minimum Gasteiger partial charge on any atom is -0.272 e. The normalized spacial score (nSPS) is 12.6. The average Bonchev–Trinajstić information content (AvgIpc) is 2.71. The molecular weight excluding hydrogens is 267 g/mol. The van der Waals surface area contributed by atoms with Crippen molar-refractivity contribution in [1.82, 2.24) is 15.2 Å². The van der Waals surface area contributed by atoms with Crippen molar-refractivity contribution in [3.8, 4) is 0 Å². The molecule has 21 heavy (non-hydrogen) atoms. The number of nitrogens with one attached hydrogen (secondary N) is 1. The summed E-state index contributed by atoms with van der Waals surface area (Å²) < 4.78 is 15.6. The van der Waals surface area contributed by atoms with Crippen LogP contribution in [0.4, 0.5) is 4.39 Å². The molecule has 0 amide bonds. The Bertz CT molecular complexity index is 606. The van der Waals surface area contributed by atoms with Gasteiger partial charge in [0.2, 0.25) is 0 Å². The number of nitrogens with zero attached hydrogens (tertiary/aromatic N) is 2. The van der Waals surface area contributed by atoms with E-state index in [0.717, 1.165) is 18.5 Å². The van der Waals surface area contributed by atoms with Crippen LogP contribution in [-0.4, -0.2) is 15.8 Å². The largest absolute Gasteiger partial charge is 0.272 e. The van der Waals surface area contributed by atoms with Crippen molar-refractivity contribution in [1.29, 1.82) is 0 Å². The molecule has 0 spiro atoms. The lowest BCUT2D eigenvalue weighted by Crippen LogP contribution is -2.37. The number of nitrogens with two attached hydrogens (primary N) is 1. The van der Waals surface area contributed by atoms with E-state index in [2.05, 4.69) is 17.4 Å². The van der Waals surface area contributed by atoms with Crippen LogP contribution in [0.3, 0.4) is 0 Å². The van der Waals surface area contributed by atoms with Gasteiger partial charge in [0.25, 0.3) is 0 Å². The van der Waals surface area contributed by atoms with E-state index in [9.17, 15) is 4.39 Å². The lowest BCUT2D eigenvalue weighted by atomic mass is 9.98. The first kappa shape index (κ1) is 15.7. The third kappa shape index (κ3) is 3.68. The fourth-order valence-electron chi connectivity index (χ4n) is 2.67. The van der Waals surface area contributed by atoms with Crippen LogP contribution in [0.25, 0.3) is 0 Å². The predicted molar refractivity (Wildman–Crippen MR) is 82.2 cm³/mol. The second-order valence-corrected chi connectivity index (χ2v) is 5.47. The SMILES string of the molecule is Cc1nn(C)c(C)c1CCC(Cc1ccccc1F)NN. The van der Waals surface area contributed by atoms with Crippen molar-refractivity contribution in [2.24, 2.45) is 12.9 Å². The minimum absolute atomic E-state index is 0.0425. The maximum absolute atomic E-state index is 13.7. The third-order valence-corrected chi connectivity index (χ3v) is 4.06. The Kier molecular flexibility index (Phi) is 5.09. The van der Waals surface area contributed by atoms with Crippen LogP contribution in [0.1, 0.15) is 28.9 Å². The quantitative estimate of drug-likeness (QED) is 0.633. The van der Waals surface area contributed by atoms with Gasteiger partial charge < -0.3 is 0 Å². The number of hydrogen-bond acceptors (Lipinski definition) is 3. The van der Waals surface area contributed by atoms with Crippen molar-refractivity contribution in [3.05, 3.63) is 52.6 Å². The monoisotopic (exact) mass is 290 g/mol. The molecule has 0 fully saturated rings. The highest BCUT2D eigenvalue weighted by Crippen LogP contribution is 2.17. The highest BCUT2D eigenvalue weighted by Gasteiger charge is 2.14. The summed E-state index contributed by atoms with van der Waals surface area (Å²) in [5.74, 6) is 5.45. The van der Waals surface area contributed by atoms with Gasteiger partial charge in [0.15, 0.2) is 0 Å². The molecule has 1 heterocycles. The summed E-state index contributed by atoms with van der Waals surface area (Å²) in [6.07, 6.45) is 2.31. The molecule has 1 aromatic carbocycles. The van der Waals surface area contributed by atoms with Gasteiger partial charge >= 0.3 is 0 Å². The molecule has 3 N–H and O–H groups in total. The molecule has 1 unspecified atom stereocenters. The second kappa shape index (κ2) is 6.83. The summed E-state index contributed by atoms with van der Waals surface area (Å²) in [7, 11) is 1.95. The molecule has 1 aromatic heterocycles. The van der Waals surface area contributed by atoms with Gasteiger partial charge in [0, 0.05) is 18.8 Å². The van der Waals surface area contributed by atoms with Crippen LogP contribution in [0.5, 0.6) is 0 Å². The van der Waals surface area contributed by atoms with Gasteiger partial charge in [-0.05, 0) is 50.3 Å². The molecule has 0 radical (unpaired) electrons. The van der Waals surface area contributed by atoms with Gasteiger partial charge in [0.05, 0.1) is 5.69 Å². The van der Waals surface area contributed by atoms with E-state index < -0.39 is 0 Å². The number of aromatic nitrogens is 2. The van der Waals surface area contributed by atoms with Gasteiger partial charge in [-0.1, -0.05) is 18.2 Å². The van der Waals surface area contributed by atoms with Gasteiger partial charge in [-0.25, -0.2) is 4.39 Å². The molecule has 5 heteroatoms. The van der Waals surface area contributed by atoms with E-state index >= 15 is 0 Å². The van der Waals surface area contributed by atoms with Crippen LogP contribution in [0.15, 0.2) is 24.3 Å². The molecule has 0 bridgehead atoms. The van der Waals surface area contributed by atoms with E-state index in [4.69, 9.17) is 5.84 Å². The van der Waals surface area contributed by atoms with Crippen LogP contribution >= 0.6 is 0 Å². The molecular formula is C16H23FN4. The second-order valence-electron chi connectivity index (χ2n) is 5.47. The molecule has 2 aromatic rings. The molecule has 4 nitrogen and oxygen atoms in total. The fraction of sp³-hybridized carbons (Fsp3) is 0.438. The summed E-state index contributed by atoms with van der Waals surface area (Å²) >= 11 is 0. The van der Waals surface area contributed by atoms with Crippen molar-refractivity contribution in [2.45, 2.75) is 39.2 Å². The lowest BCUT2D eigenvalue weighted by Gasteiger charge is -2.16. The highest BCUT2D eigenvalue weighted by atomic mass is 19.1. The molecule has 0 saturated heterocycles. The minimum atomic E-state index is -0.175. The summed E-state index contributed by atoms with van der Waals surface area (Å²) in [6.45, 7) is 4.08. The Balaban J connectivity index is 2.01. The van der Waals surface area contributed by atoms with Crippen molar-refractivity contribution in [2.75, 3.05) is 0 Å². The van der Waals surface area contributed by atoms with Crippen molar-refractivity contribution >= 4 is 0 Å². The number of hydrogen-bond donors (Lipinski definition) is 2. The number of halogens is 1.